The van der Waals surface area contributed by atoms with Crippen LogP contribution in [0.2, 0.25) is 28.2 Å². The molecule has 4 nitrogen and oxygen atoms in total. The molecule has 7 heteroatoms. The summed E-state index contributed by atoms with van der Waals surface area (Å²) in [6.07, 6.45) is 2.78. The van der Waals surface area contributed by atoms with Crippen LogP contribution >= 0.6 is 23.2 Å². The maximum Gasteiger partial charge on any atom is 0.192 e. The van der Waals surface area contributed by atoms with Gasteiger partial charge in [0, 0.05) is 19.0 Å². The summed E-state index contributed by atoms with van der Waals surface area (Å²) < 4.78 is 6.66. The SMILES string of the molecule is CC(C)(C)[Si](C)(C)OCC(O)(C(CC(O)c1ccccc1)c1ccc(Cl)c(Cl)c1)N1CCCCC1. The number of rotatable bonds is 9. The van der Waals surface area contributed by atoms with Gasteiger partial charge in [-0.25, -0.2) is 0 Å². The Bertz CT molecular complexity index is 960. The Hall–Kier alpha value is -0.923. The van der Waals surface area contributed by atoms with Crippen LogP contribution in [0.25, 0.3) is 0 Å². The van der Waals surface area contributed by atoms with Crippen molar-refractivity contribution in [3.8, 4) is 0 Å². The highest BCUT2D eigenvalue weighted by atomic mass is 35.5. The zero-order chi connectivity index (χ0) is 25.9. The summed E-state index contributed by atoms with van der Waals surface area (Å²) in [5.41, 5.74) is 0.369. The molecule has 1 aliphatic rings. The van der Waals surface area contributed by atoms with E-state index in [1.165, 1.54) is 0 Å². The van der Waals surface area contributed by atoms with Crippen LogP contribution in [0.1, 0.15) is 69.6 Å². The second kappa shape index (κ2) is 11.6. The van der Waals surface area contributed by atoms with Gasteiger partial charge in [0.15, 0.2) is 8.32 Å². The van der Waals surface area contributed by atoms with Gasteiger partial charge in [0.1, 0.15) is 5.72 Å². The highest BCUT2D eigenvalue weighted by Gasteiger charge is 2.47. The van der Waals surface area contributed by atoms with Crippen molar-refractivity contribution < 1.29 is 14.6 Å². The number of aliphatic hydroxyl groups excluding tert-OH is 1. The monoisotopic (exact) mass is 537 g/mol. The quantitative estimate of drug-likeness (QED) is 0.327. The Labute approximate surface area is 222 Å². The predicted molar refractivity (Wildman–Crippen MR) is 149 cm³/mol. The molecule has 0 amide bonds. The molecule has 2 N–H and O–H groups in total. The predicted octanol–water partition coefficient (Wildman–Crippen LogP) is 7.40. The Morgan fingerprint density at radius 3 is 2.14 bits per heavy atom. The Balaban J connectivity index is 2.05. The maximum atomic E-state index is 12.6. The van der Waals surface area contributed by atoms with Crippen molar-refractivity contribution >= 4 is 31.5 Å². The van der Waals surface area contributed by atoms with Crippen LogP contribution < -0.4 is 0 Å². The zero-order valence-electron chi connectivity index (χ0n) is 21.7. The van der Waals surface area contributed by atoms with E-state index in [-0.39, 0.29) is 11.6 Å². The summed E-state index contributed by atoms with van der Waals surface area (Å²) in [6.45, 7) is 12.8. The molecule has 1 heterocycles. The van der Waals surface area contributed by atoms with E-state index in [9.17, 15) is 10.2 Å². The van der Waals surface area contributed by atoms with Crippen molar-refractivity contribution in [2.75, 3.05) is 19.7 Å². The van der Waals surface area contributed by atoms with Gasteiger partial charge in [-0.2, -0.15) is 0 Å². The number of benzene rings is 2. The lowest BCUT2D eigenvalue weighted by atomic mass is 9.81. The lowest BCUT2D eigenvalue weighted by molar-refractivity contribution is -0.164. The molecule has 0 spiro atoms. The Morgan fingerprint density at radius 2 is 1.57 bits per heavy atom. The van der Waals surface area contributed by atoms with Crippen molar-refractivity contribution in [2.24, 2.45) is 0 Å². The standard InChI is InChI=1S/C28H41Cl2NO3Si/c1-27(2,3)35(4,5)34-20-28(33,31-16-10-7-11-17-31)23(22-14-15-24(29)25(30)18-22)19-26(32)21-12-8-6-9-13-21/h6,8-9,12-15,18,23,26,32-33H,7,10-11,16-17,19-20H2,1-5H3. The van der Waals surface area contributed by atoms with E-state index in [1.807, 2.05) is 42.5 Å². The number of piperidine rings is 1. The first kappa shape index (κ1) is 28.6. The fourth-order valence-corrected chi connectivity index (χ4v) is 5.86. The number of aliphatic hydroxyl groups is 2. The van der Waals surface area contributed by atoms with Crippen molar-refractivity contribution in [3.05, 3.63) is 69.7 Å². The van der Waals surface area contributed by atoms with Crippen molar-refractivity contribution in [1.82, 2.24) is 4.90 Å². The molecule has 35 heavy (non-hydrogen) atoms. The Morgan fingerprint density at radius 1 is 0.943 bits per heavy atom. The second-order valence-electron chi connectivity index (χ2n) is 11.4. The summed E-state index contributed by atoms with van der Waals surface area (Å²) in [5, 5.41) is 24.8. The smallest absolute Gasteiger partial charge is 0.192 e. The minimum Gasteiger partial charge on any atom is -0.412 e. The first-order chi connectivity index (χ1) is 16.3. The molecular weight excluding hydrogens is 497 g/mol. The van der Waals surface area contributed by atoms with Crippen molar-refractivity contribution in [2.45, 2.75) is 82.3 Å². The molecule has 1 saturated heterocycles. The summed E-state index contributed by atoms with van der Waals surface area (Å²) in [7, 11) is -2.15. The second-order valence-corrected chi connectivity index (χ2v) is 17.0. The molecule has 1 aliphatic heterocycles. The van der Waals surface area contributed by atoms with Gasteiger partial charge in [-0.15, -0.1) is 0 Å². The molecule has 0 radical (unpaired) electrons. The van der Waals surface area contributed by atoms with Gasteiger partial charge >= 0.3 is 0 Å². The molecule has 3 atom stereocenters. The van der Waals surface area contributed by atoms with E-state index in [2.05, 4.69) is 38.8 Å². The molecule has 0 saturated carbocycles. The molecule has 2 aromatic rings. The third-order valence-corrected chi connectivity index (χ3v) is 13.1. The van der Waals surface area contributed by atoms with Crippen molar-refractivity contribution in [3.63, 3.8) is 0 Å². The van der Waals surface area contributed by atoms with E-state index >= 15 is 0 Å². The third kappa shape index (κ3) is 6.89. The van der Waals surface area contributed by atoms with Gasteiger partial charge in [0.25, 0.3) is 0 Å². The number of hydrogen-bond acceptors (Lipinski definition) is 4. The molecule has 194 valence electrons. The molecule has 3 unspecified atom stereocenters. The van der Waals surface area contributed by atoms with Crippen LogP contribution in [-0.4, -0.2) is 48.9 Å². The molecule has 0 aliphatic carbocycles. The van der Waals surface area contributed by atoms with Crippen LogP contribution in [0.15, 0.2) is 48.5 Å². The first-order valence-corrected chi connectivity index (χ1v) is 16.3. The molecule has 2 aromatic carbocycles. The largest absolute Gasteiger partial charge is 0.412 e. The van der Waals surface area contributed by atoms with Gasteiger partial charge in [-0.05, 0) is 60.7 Å². The third-order valence-electron chi connectivity index (χ3n) is 7.90. The number of nitrogens with zero attached hydrogens (tertiary/aromatic N) is 1. The van der Waals surface area contributed by atoms with Gasteiger partial charge in [0.05, 0.1) is 22.8 Å². The lowest BCUT2D eigenvalue weighted by Crippen LogP contribution is -2.60. The first-order valence-electron chi connectivity index (χ1n) is 12.6. The average Bonchev–Trinajstić information content (AvgIpc) is 2.83. The van der Waals surface area contributed by atoms with Gasteiger partial charge < -0.3 is 14.6 Å². The fraction of sp³-hybridized carbons (Fsp3) is 0.571. The van der Waals surface area contributed by atoms with E-state index < -0.39 is 26.1 Å². The van der Waals surface area contributed by atoms with Gasteiger partial charge in [-0.3, -0.25) is 4.90 Å². The number of hydrogen-bond donors (Lipinski definition) is 2. The van der Waals surface area contributed by atoms with Crippen LogP contribution in [0.3, 0.4) is 0 Å². The summed E-state index contributed by atoms with van der Waals surface area (Å²) in [6, 6.07) is 15.1. The average molecular weight is 539 g/mol. The number of halogens is 2. The normalized spacial score (nSPS) is 19.2. The molecule has 3 rings (SSSR count). The topological polar surface area (TPSA) is 52.9 Å². The molecular formula is C28H41Cl2NO3Si. The minimum atomic E-state index is -2.15. The molecule has 0 bridgehead atoms. The van der Waals surface area contributed by atoms with E-state index in [0.29, 0.717) is 16.5 Å². The van der Waals surface area contributed by atoms with Crippen LogP contribution in [-0.2, 0) is 4.43 Å². The number of likely N-dealkylation sites (tertiary alicyclic amines) is 1. The minimum absolute atomic E-state index is 0.0123. The fourth-order valence-electron chi connectivity index (χ4n) is 4.55. The van der Waals surface area contributed by atoms with Crippen LogP contribution in [0.5, 0.6) is 0 Å². The summed E-state index contributed by atoms with van der Waals surface area (Å²) >= 11 is 12.7. The summed E-state index contributed by atoms with van der Waals surface area (Å²) in [5.74, 6) is -0.435. The van der Waals surface area contributed by atoms with Crippen molar-refractivity contribution in [1.29, 1.82) is 0 Å². The van der Waals surface area contributed by atoms with Crippen LogP contribution in [0, 0.1) is 0 Å². The molecule has 0 aromatic heterocycles. The van der Waals surface area contributed by atoms with Gasteiger partial charge in [-0.1, -0.05) is 86.8 Å². The lowest BCUT2D eigenvalue weighted by Gasteiger charge is -2.49. The zero-order valence-corrected chi connectivity index (χ0v) is 24.2. The maximum absolute atomic E-state index is 12.6. The van der Waals surface area contributed by atoms with Gasteiger partial charge in [0.2, 0.25) is 0 Å². The highest BCUT2D eigenvalue weighted by molar-refractivity contribution is 6.74. The van der Waals surface area contributed by atoms with E-state index in [0.717, 1.165) is 43.5 Å². The van der Waals surface area contributed by atoms with E-state index in [1.54, 1.807) is 6.07 Å². The molecule has 1 fully saturated rings. The Kier molecular flexibility index (Phi) is 9.53. The van der Waals surface area contributed by atoms with Crippen LogP contribution in [0.4, 0.5) is 0 Å². The van der Waals surface area contributed by atoms with E-state index in [4.69, 9.17) is 27.6 Å². The summed E-state index contributed by atoms with van der Waals surface area (Å²) in [4.78, 5) is 2.16. The highest BCUT2D eigenvalue weighted by Crippen LogP contribution is 2.44.